The number of nitrogens with zero attached hydrogens (tertiary/aromatic N) is 1. The Morgan fingerprint density at radius 3 is 2.82 bits per heavy atom. The fraction of sp³-hybridized carbons (Fsp3) is 0. The topological polar surface area (TPSA) is 59.4 Å². The van der Waals surface area contributed by atoms with Crippen molar-refractivity contribution in [2.24, 2.45) is 0 Å². The van der Waals surface area contributed by atoms with Gasteiger partial charge in [0.2, 0.25) is 5.88 Å². The quantitative estimate of drug-likeness (QED) is 0.943. The Kier molecular flexibility index (Phi) is 3.39. The first kappa shape index (κ1) is 11.6. The van der Waals surface area contributed by atoms with E-state index < -0.39 is 5.97 Å². The number of carboxylic acid groups (broad SMARTS) is 1. The maximum Gasteiger partial charge on any atom is 0.341 e. The zero-order valence-electron chi connectivity index (χ0n) is 8.63. The van der Waals surface area contributed by atoms with Gasteiger partial charge in [-0.1, -0.05) is 22.0 Å². The van der Waals surface area contributed by atoms with Gasteiger partial charge >= 0.3 is 5.97 Å². The molecular formula is C12H8BrNO3. The zero-order valence-corrected chi connectivity index (χ0v) is 10.2. The largest absolute Gasteiger partial charge is 0.477 e. The number of benzene rings is 1. The Morgan fingerprint density at radius 2 is 2.12 bits per heavy atom. The summed E-state index contributed by atoms with van der Waals surface area (Å²) < 4.78 is 6.28. The van der Waals surface area contributed by atoms with Gasteiger partial charge in [-0.25, -0.2) is 9.78 Å². The van der Waals surface area contributed by atoms with Crippen LogP contribution in [0, 0.1) is 0 Å². The third-order valence-electron chi connectivity index (χ3n) is 2.01. The van der Waals surface area contributed by atoms with Crippen LogP contribution in [0.1, 0.15) is 10.4 Å². The average molecular weight is 294 g/mol. The standard InChI is InChI=1S/C12H8BrNO3/c13-8-3-1-4-9(7-8)17-11-10(12(15)16)5-2-6-14-11/h1-7H,(H,15,16). The lowest BCUT2D eigenvalue weighted by Crippen LogP contribution is -2.01. The molecule has 1 aromatic heterocycles. The number of carboxylic acids is 1. The van der Waals surface area contributed by atoms with Crippen molar-refractivity contribution in [2.45, 2.75) is 0 Å². The van der Waals surface area contributed by atoms with Crippen molar-refractivity contribution in [1.29, 1.82) is 0 Å². The van der Waals surface area contributed by atoms with Crippen LogP contribution in [-0.4, -0.2) is 16.1 Å². The van der Waals surface area contributed by atoms with E-state index in [1.165, 1.54) is 12.3 Å². The maximum atomic E-state index is 10.9. The number of carbonyl (C=O) groups is 1. The van der Waals surface area contributed by atoms with E-state index in [-0.39, 0.29) is 11.4 Å². The van der Waals surface area contributed by atoms with Crippen molar-refractivity contribution in [3.63, 3.8) is 0 Å². The first-order valence-electron chi connectivity index (χ1n) is 4.78. The highest BCUT2D eigenvalue weighted by molar-refractivity contribution is 9.10. The van der Waals surface area contributed by atoms with Gasteiger partial charge in [0, 0.05) is 10.7 Å². The van der Waals surface area contributed by atoms with Crippen molar-refractivity contribution in [1.82, 2.24) is 4.98 Å². The van der Waals surface area contributed by atoms with E-state index >= 15 is 0 Å². The van der Waals surface area contributed by atoms with Gasteiger partial charge in [-0.15, -0.1) is 0 Å². The molecule has 5 heteroatoms. The van der Waals surface area contributed by atoms with Crippen LogP contribution in [0.4, 0.5) is 0 Å². The molecule has 0 aliphatic rings. The van der Waals surface area contributed by atoms with Crippen LogP contribution < -0.4 is 4.74 Å². The van der Waals surface area contributed by atoms with E-state index in [4.69, 9.17) is 9.84 Å². The van der Waals surface area contributed by atoms with E-state index in [9.17, 15) is 4.79 Å². The Balaban J connectivity index is 2.33. The highest BCUT2D eigenvalue weighted by Gasteiger charge is 2.12. The van der Waals surface area contributed by atoms with Gasteiger partial charge in [0.25, 0.3) is 0 Å². The number of pyridine rings is 1. The summed E-state index contributed by atoms with van der Waals surface area (Å²) in [5.41, 5.74) is 0.0347. The summed E-state index contributed by atoms with van der Waals surface area (Å²) in [6, 6.07) is 10.1. The molecule has 0 aliphatic carbocycles. The summed E-state index contributed by atoms with van der Waals surface area (Å²) in [4.78, 5) is 14.9. The first-order chi connectivity index (χ1) is 8.16. The van der Waals surface area contributed by atoms with Crippen LogP contribution in [0.25, 0.3) is 0 Å². The molecule has 0 amide bonds. The second-order valence-corrected chi connectivity index (χ2v) is 4.14. The number of aromatic nitrogens is 1. The predicted octanol–water partition coefficient (Wildman–Crippen LogP) is 3.33. The highest BCUT2D eigenvalue weighted by Crippen LogP contribution is 2.25. The number of hydrogen-bond donors (Lipinski definition) is 1. The van der Waals surface area contributed by atoms with E-state index in [2.05, 4.69) is 20.9 Å². The Labute approximate surface area is 106 Å². The Morgan fingerprint density at radius 1 is 1.29 bits per heavy atom. The summed E-state index contributed by atoms with van der Waals surface area (Å²) in [7, 11) is 0. The van der Waals surface area contributed by atoms with Gasteiger partial charge in [0.05, 0.1) is 0 Å². The fourth-order valence-electron chi connectivity index (χ4n) is 1.28. The minimum atomic E-state index is -1.07. The summed E-state index contributed by atoms with van der Waals surface area (Å²) in [5, 5.41) is 8.97. The van der Waals surface area contributed by atoms with Gasteiger partial charge in [-0.3, -0.25) is 0 Å². The lowest BCUT2D eigenvalue weighted by Gasteiger charge is -2.07. The van der Waals surface area contributed by atoms with Crippen LogP contribution in [0.15, 0.2) is 47.1 Å². The van der Waals surface area contributed by atoms with Gasteiger partial charge in [0.1, 0.15) is 11.3 Å². The summed E-state index contributed by atoms with van der Waals surface area (Å²) in [6.45, 7) is 0. The molecule has 2 aromatic rings. The number of halogens is 1. The molecule has 0 unspecified atom stereocenters. The third-order valence-corrected chi connectivity index (χ3v) is 2.51. The number of rotatable bonds is 3. The molecule has 0 aliphatic heterocycles. The van der Waals surface area contributed by atoms with Gasteiger partial charge in [-0.05, 0) is 30.3 Å². The molecule has 1 N–H and O–H groups in total. The van der Waals surface area contributed by atoms with Crippen LogP contribution >= 0.6 is 15.9 Å². The van der Waals surface area contributed by atoms with Crippen molar-refractivity contribution < 1.29 is 14.6 Å². The summed E-state index contributed by atoms with van der Waals surface area (Å²) >= 11 is 3.31. The molecule has 17 heavy (non-hydrogen) atoms. The number of aromatic carboxylic acids is 1. The molecule has 0 bridgehead atoms. The third kappa shape index (κ3) is 2.82. The van der Waals surface area contributed by atoms with Crippen LogP contribution in [0.2, 0.25) is 0 Å². The van der Waals surface area contributed by atoms with Crippen molar-refractivity contribution in [3.8, 4) is 11.6 Å². The molecule has 0 spiro atoms. The van der Waals surface area contributed by atoms with E-state index in [0.29, 0.717) is 5.75 Å². The van der Waals surface area contributed by atoms with Crippen LogP contribution in [0.3, 0.4) is 0 Å². The predicted molar refractivity (Wildman–Crippen MR) is 65.4 cm³/mol. The second-order valence-electron chi connectivity index (χ2n) is 3.22. The molecule has 2 rings (SSSR count). The van der Waals surface area contributed by atoms with E-state index in [1.807, 2.05) is 6.07 Å². The lowest BCUT2D eigenvalue weighted by atomic mass is 10.3. The van der Waals surface area contributed by atoms with Crippen molar-refractivity contribution in [2.75, 3.05) is 0 Å². The molecule has 0 fully saturated rings. The molecule has 0 radical (unpaired) electrons. The lowest BCUT2D eigenvalue weighted by molar-refractivity contribution is 0.0693. The highest BCUT2D eigenvalue weighted by atomic mass is 79.9. The summed E-state index contributed by atoms with van der Waals surface area (Å²) in [6.07, 6.45) is 1.49. The van der Waals surface area contributed by atoms with Crippen molar-refractivity contribution in [3.05, 3.63) is 52.6 Å². The Hall–Kier alpha value is -1.88. The van der Waals surface area contributed by atoms with Gasteiger partial charge in [-0.2, -0.15) is 0 Å². The minimum absolute atomic E-state index is 0.0347. The molecule has 4 nitrogen and oxygen atoms in total. The second kappa shape index (κ2) is 4.97. The SMILES string of the molecule is O=C(O)c1cccnc1Oc1cccc(Br)c1. The molecule has 86 valence electrons. The molecule has 1 aromatic carbocycles. The van der Waals surface area contributed by atoms with Crippen molar-refractivity contribution >= 4 is 21.9 Å². The average Bonchev–Trinajstić information content (AvgIpc) is 2.29. The molecule has 1 heterocycles. The Bertz CT molecular complexity index is 557. The zero-order chi connectivity index (χ0) is 12.3. The normalized spacial score (nSPS) is 9.94. The van der Waals surface area contributed by atoms with Crippen LogP contribution in [-0.2, 0) is 0 Å². The van der Waals surface area contributed by atoms with Gasteiger partial charge < -0.3 is 9.84 Å². The molecule has 0 saturated carbocycles. The van der Waals surface area contributed by atoms with Gasteiger partial charge in [0.15, 0.2) is 0 Å². The molecule has 0 atom stereocenters. The molecular weight excluding hydrogens is 286 g/mol. The first-order valence-corrected chi connectivity index (χ1v) is 5.58. The van der Waals surface area contributed by atoms with E-state index in [1.54, 1.807) is 24.3 Å². The minimum Gasteiger partial charge on any atom is -0.477 e. The maximum absolute atomic E-state index is 10.9. The number of hydrogen-bond acceptors (Lipinski definition) is 3. The smallest absolute Gasteiger partial charge is 0.341 e. The molecule has 0 saturated heterocycles. The number of ether oxygens (including phenoxy) is 1. The monoisotopic (exact) mass is 293 g/mol. The fourth-order valence-corrected chi connectivity index (χ4v) is 1.66. The van der Waals surface area contributed by atoms with E-state index in [0.717, 1.165) is 4.47 Å². The van der Waals surface area contributed by atoms with Crippen LogP contribution in [0.5, 0.6) is 11.6 Å². The summed E-state index contributed by atoms with van der Waals surface area (Å²) in [5.74, 6) is -0.457.